The van der Waals surface area contributed by atoms with Crippen molar-refractivity contribution in [1.29, 1.82) is 0 Å². The van der Waals surface area contributed by atoms with Gasteiger partial charge in [0.2, 0.25) is 5.78 Å². The van der Waals surface area contributed by atoms with Crippen LogP contribution in [0.15, 0.2) is 65.2 Å². The highest BCUT2D eigenvalue weighted by molar-refractivity contribution is 7.22. The van der Waals surface area contributed by atoms with Crippen molar-refractivity contribution in [3.05, 3.63) is 81.5 Å². The first-order valence-electron chi connectivity index (χ1n) is 12.6. The highest BCUT2D eigenvalue weighted by atomic mass is 32.1. The van der Waals surface area contributed by atoms with Crippen molar-refractivity contribution in [3.8, 4) is 11.5 Å². The van der Waals surface area contributed by atoms with E-state index >= 15 is 0 Å². The summed E-state index contributed by atoms with van der Waals surface area (Å²) in [6.45, 7) is 6.97. The number of hydrogen-bond acceptors (Lipinski definition) is 8. The molecule has 0 saturated carbocycles. The highest BCUT2D eigenvalue weighted by Gasteiger charge is 2.46. The Kier molecular flexibility index (Phi) is 7.67. The van der Waals surface area contributed by atoms with Crippen molar-refractivity contribution < 1.29 is 28.6 Å². The molecule has 3 heterocycles. The molecular weight excluding hydrogens is 539 g/mol. The molecule has 1 N–H and O–H groups in total. The van der Waals surface area contributed by atoms with E-state index < -0.39 is 29.3 Å². The number of halogens is 1. The summed E-state index contributed by atoms with van der Waals surface area (Å²) < 4.78 is 26.3. The molecule has 0 radical (unpaired) electrons. The number of carbonyl (C=O) groups excluding carboxylic acids is 2. The summed E-state index contributed by atoms with van der Waals surface area (Å²) in [7, 11) is 0. The van der Waals surface area contributed by atoms with E-state index in [9.17, 15) is 19.1 Å². The highest BCUT2D eigenvalue weighted by Crippen LogP contribution is 2.46. The molecule has 1 unspecified atom stereocenters. The second kappa shape index (κ2) is 11.2. The van der Waals surface area contributed by atoms with E-state index in [0.29, 0.717) is 51.3 Å². The topological polar surface area (TPSA) is 89.0 Å². The normalized spacial score (nSPS) is 15.6. The Bertz CT molecular complexity index is 1560. The van der Waals surface area contributed by atoms with E-state index in [1.165, 1.54) is 34.4 Å². The number of thiophene rings is 1. The van der Waals surface area contributed by atoms with Gasteiger partial charge in [-0.2, -0.15) is 0 Å². The third-order valence-corrected chi connectivity index (χ3v) is 8.17. The second-order valence-corrected chi connectivity index (χ2v) is 11.4. The molecule has 0 bridgehead atoms. The van der Waals surface area contributed by atoms with Gasteiger partial charge in [-0.05, 0) is 66.6 Å². The molecule has 1 aliphatic heterocycles. The van der Waals surface area contributed by atoms with Crippen LogP contribution in [0.1, 0.15) is 48.5 Å². The minimum Gasteiger partial charge on any atom is -0.503 e. The average molecular weight is 567 g/mol. The number of thiazole rings is 1. The van der Waals surface area contributed by atoms with Gasteiger partial charge in [-0.1, -0.05) is 37.3 Å². The number of anilines is 1. The minimum atomic E-state index is -0.985. The van der Waals surface area contributed by atoms with Crippen LogP contribution in [-0.2, 0) is 4.79 Å². The zero-order valence-corrected chi connectivity index (χ0v) is 23.3. The standard InChI is InChI=1S/C29H27FN2O5S2/c1-4-36-21-14-17(7-10-20(21)37-12-11-16(2)3)25-24(26(33)22-6-5-13-38-22)27(34)28(35)32(25)29-31-19-9-8-18(30)15-23(19)39-29/h5-10,13-16,25,34H,4,11-12H2,1-3H3. The Balaban J connectivity index is 1.62. The second-order valence-electron chi connectivity index (χ2n) is 9.43. The number of rotatable bonds is 10. The molecule has 0 saturated heterocycles. The number of aromatic nitrogens is 1. The van der Waals surface area contributed by atoms with Crippen LogP contribution in [0.4, 0.5) is 9.52 Å². The van der Waals surface area contributed by atoms with Gasteiger partial charge in [0.25, 0.3) is 5.91 Å². The lowest BCUT2D eigenvalue weighted by Crippen LogP contribution is -2.31. The first-order valence-corrected chi connectivity index (χ1v) is 14.3. The van der Waals surface area contributed by atoms with Crippen molar-refractivity contribution in [2.24, 2.45) is 5.92 Å². The number of amides is 1. The zero-order valence-electron chi connectivity index (χ0n) is 21.6. The number of benzene rings is 2. The predicted octanol–water partition coefficient (Wildman–Crippen LogP) is 7.10. The summed E-state index contributed by atoms with van der Waals surface area (Å²) in [5.41, 5.74) is 0.991. The summed E-state index contributed by atoms with van der Waals surface area (Å²) in [6.07, 6.45) is 0.868. The lowest BCUT2D eigenvalue weighted by atomic mass is 9.95. The maximum atomic E-state index is 13.9. The molecular formula is C29H27FN2O5S2. The van der Waals surface area contributed by atoms with Gasteiger partial charge in [-0.15, -0.1) is 11.3 Å². The Hall–Kier alpha value is -3.76. The first-order chi connectivity index (χ1) is 18.8. The maximum Gasteiger partial charge on any atom is 0.296 e. The van der Waals surface area contributed by atoms with Crippen molar-refractivity contribution in [2.45, 2.75) is 33.2 Å². The van der Waals surface area contributed by atoms with Crippen LogP contribution in [0.2, 0.25) is 0 Å². The summed E-state index contributed by atoms with van der Waals surface area (Å²) in [4.78, 5) is 33.3. The van der Waals surface area contributed by atoms with Gasteiger partial charge in [0.05, 0.1) is 39.9 Å². The van der Waals surface area contributed by atoms with Crippen LogP contribution < -0.4 is 14.4 Å². The molecule has 0 aliphatic carbocycles. The van der Waals surface area contributed by atoms with Crippen molar-refractivity contribution in [2.75, 3.05) is 18.1 Å². The first kappa shape index (κ1) is 26.8. The quantitative estimate of drug-likeness (QED) is 0.206. The van der Waals surface area contributed by atoms with E-state index in [0.717, 1.165) is 17.8 Å². The van der Waals surface area contributed by atoms with E-state index in [2.05, 4.69) is 18.8 Å². The lowest BCUT2D eigenvalue weighted by Gasteiger charge is -2.25. The van der Waals surface area contributed by atoms with Gasteiger partial charge in [0.15, 0.2) is 22.4 Å². The molecule has 4 aromatic rings. The largest absolute Gasteiger partial charge is 0.503 e. The van der Waals surface area contributed by atoms with Gasteiger partial charge in [0, 0.05) is 0 Å². The SMILES string of the molecule is CCOc1cc(C2C(C(=O)c3cccs3)=C(O)C(=O)N2c2nc3ccc(F)cc3s2)ccc1OCCC(C)C. The Morgan fingerprint density at radius 2 is 1.97 bits per heavy atom. The van der Waals surface area contributed by atoms with Crippen LogP contribution >= 0.6 is 22.7 Å². The predicted molar refractivity (Wildman–Crippen MR) is 151 cm³/mol. The third-order valence-electron chi connectivity index (χ3n) is 6.28. The van der Waals surface area contributed by atoms with Crippen molar-refractivity contribution >= 4 is 49.7 Å². The number of Topliss-reactive ketones (excluding diaryl/α,β-unsaturated/α-hetero) is 1. The molecule has 0 fully saturated rings. The monoisotopic (exact) mass is 566 g/mol. The fraction of sp³-hybridized carbons (Fsp3) is 0.276. The number of ketones is 1. The van der Waals surface area contributed by atoms with E-state index in [1.807, 2.05) is 6.92 Å². The molecule has 7 nitrogen and oxygen atoms in total. The van der Waals surface area contributed by atoms with Gasteiger partial charge in [-0.25, -0.2) is 9.37 Å². The van der Waals surface area contributed by atoms with E-state index in [4.69, 9.17) is 9.47 Å². The summed E-state index contributed by atoms with van der Waals surface area (Å²) in [6, 6.07) is 11.8. The van der Waals surface area contributed by atoms with E-state index in [-0.39, 0.29) is 10.7 Å². The summed E-state index contributed by atoms with van der Waals surface area (Å²) >= 11 is 2.33. The van der Waals surface area contributed by atoms with Gasteiger partial charge in [-0.3, -0.25) is 14.5 Å². The van der Waals surface area contributed by atoms with Crippen LogP contribution in [0.3, 0.4) is 0 Å². The van der Waals surface area contributed by atoms with Crippen molar-refractivity contribution in [3.63, 3.8) is 0 Å². The van der Waals surface area contributed by atoms with Crippen LogP contribution in [0.25, 0.3) is 10.2 Å². The fourth-order valence-corrected chi connectivity index (χ4v) is 6.06. The molecule has 5 rings (SSSR count). The Morgan fingerprint density at radius 1 is 1.15 bits per heavy atom. The number of ether oxygens (including phenoxy) is 2. The molecule has 2 aromatic heterocycles. The number of fused-ring (bicyclic) bond motifs is 1. The van der Waals surface area contributed by atoms with Crippen LogP contribution in [0.5, 0.6) is 11.5 Å². The van der Waals surface area contributed by atoms with Crippen LogP contribution in [-0.4, -0.2) is 35.0 Å². The third kappa shape index (κ3) is 5.26. The van der Waals surface area contributed by atoms with Crippen molar-refractivity contribution in [1.82, 2.24) is 4.98 Å². The zero-order chi connectivity index (χ0) is 27.7. The lowest BCUT2D eigenvalue weighted by molar-refractivity contribution is -0.117. The maximum absolute atomic E-state index is 13.9. The molecule has 10 heteroatoms. The smallest absolute Gasteiger partial charge is 0.296 e. The van der Waals surface area contributed by atoms with E-state index in [1.54, 1.807) is 35.7 Å². The van der Waals surface area contributed by atoms with Gasteiger partial charge >= 0.3 is 0 Å². The molecule has 1 aliphatic rings. The number of aliphatic hydroxyl groups is 1. The van der Waals surface area contributed by atoms with Gasteiger partial charge in [0.1, 0.15) is 5.82 Å². The molecule has 1 amide bonds. The molecule has 39 heavy (non-hydrogen) atoms. The Labute approximate surface area is 233 Å². The average Bonchev–Trinajstić information content (AvgIpc) is 3.63. The summed E-state index contributed by atoms with van der Waals surface area (Å²) in [5.74, 6) is -0.789. The van der Waals surface area contributed by atoms with Gasteiger partial charge < -0.3 is 14.6 Å². The number of hydrogen-bond donors (Lipinski definition) is 1. The number of nitrogens with zero attached hydrogens (tertiary/aromatic N) is 2. The molecule has 0 spiro atoms. The Morgan fingerprint density at radius 3 is 2.69 bits per heavy atom. The number of carbonyl (C=O) groups is 2. The number of aliphatic hydroxyl groups excluding tert-OH is 1. The molecule has 202 valence electrons. The van der Waals surface area contributed by atoms with Crippen LogP contribution in [0, 0.1) is 11.7 Å². The fourth-order valence-electron chi connectivity index (χ4n) is 4.37. The minimum absolute atomic E-state index is 0.0520. The summed E-state index contributed by atoms with van der Waals surface area (Å²) in [5, 5.41) is 13.0. The molecule has 1 atom stereocenters. The molecule has 2 aromatic carbocycles.